The summed E-state index contributed by atoms with van der Waals surface area (Å²) in [5.41, 5.74) is 7.43. The SMILES string of the molecule is CC(C)C(NC(=O)C(N)Cc1ccccc1)C(=O)NC(Cc1cnc[nH]1)C(=O)NC(C(=O)O)C(C)O. The summed E-state index contributed by atoms with van der Waals surface area (Å²) in [6.07, 6.45) is 1.73. The van der Waals surface area contributed by atoms with Gasteiger partial charge in [-0.2, -0.15) is 0 Å². The number of amides is 3. The van der Waals surface area contributed by atoms with E-state index >= 15 is 0 Å². The lowest BCUT2D eigenvalue weighted by Gasteiger charge is -2.27. The number of nitrogens with zero attached hydrogens (tertiary/aromatic N) is 1. The first-order valence-corrected chi connectivity index (χ1v) is 11.6. The molecule has 0 fully saturated rings. The number of carbonyl (C=O) groups excluding carboxylic acids is 3. The van der Waals surface area contributed by atoms with Crippen molar-refractivity contribution in [1.29, 1.82) is 0 Å². The molecule has 1 aromatic carbocycles. The van der Waals surface area contributed by atoms with E-state index in [2.05, 4.69) is 25.9 Å². The maximum absolute atomic E-state index is 13.2. The zero-order valence-electron chi connectivity index (χ0n) is 20.5. The van der Waals surface area contributed by atoms with E-state index in [9.17, 15) is 29.4 Å². The molecule has 1 aromatic heterocycles. The van der Waals surface area contributed by atoms with Gasteiger partial charge in [0.25, 0.3) is 0 Å². The number of imidazole rings is 1. The number of carboxylic acid groups (broad SMARTS) is 1. The van der Waals surface area contributed by atoms with E-state index in [1.54, 1.807) is 13.8 Å². The molecule has 5 unspecified atom stereocenters. The summed E-state index contributed by atoms with van der Waals surface area (Å²) in [6, 6.07) is 4.51. The Labute approximate surface area is 209 Å². The van der Waals surface area contributed by atoms with Gasteiger partial charge in [0.15, 0.2) is 6.04 Å². The first-order valence-electron chi connectivity index (χ1n) is 11.6. The number of aromatic nitrogens is 2. The highest BCUT2D eigenvalue weighted by atomic mass is 16.4. The van der Waals surface area contributed by atoms with Crippen molar-refractivity contribution in [1.82, 2.24) is 25.9 Å². The zero-order valence-corrected chi connectivity index (χ0v) is 20.5. The molecule has 0 aliphatic heterocycles. The number of aliphatic carboxylic acids is 1. The summed E-state index contributed by atoms with van der Waals surface area (Å²) in [4.78, 5) is 56.9. The molecule has 0 bridgehead atoms. The molecule has 1 heterocycles. The number of carbonyl (C=O) groups is 4. The van der Waals surface area contributed by atoms with E-state index < -0.39 is 54.0 Å². The summed E-state index contributed by atoms with van der Waals surface area (Å²) >= 11 is 0. The van der Waals surface area contributed by atoms with Crippen molar-refractivity contribution in [3.63, 3.8) is 0 Å². The molecule has 12 heteroatoms. The van der Waals surface area contributed by atoms with E-state index in [0.29, 0.717) is 5.69 Å². The van der Waals surface area contributed by atoms with Gasteiger partial charge in [-0.1, -0.05) is 44.2 Å². The number of nitrogens with two attached hydrogens (primary N) is 1. The van der Waals surface area contributed by atoms with Gasteiger partial charge in [-0.15, -0.1) is 0 Å². The zero-order chi connectivity index (χ0) is 26.8. The van der Waals surface area contributed by atoms with Crippen molar-refractivity contribution < 1.29 is 29.4 Å². The lowest BCUT2D eigenvalue weighted by Crippen LogP contribution is -2.59. The van der Waals surface area contributed by atoms with E-state index in [0.717, 1.165) is 5.56 Å². The summed E-state index contributed by atoms with van der Waals surface area (Å²) < 4.78 is 0. The smallest absolute Gasteiger partial charge is 0.328 e. The number of aliphatic hydroxyl groups excluding tert-OH is 1. The second-order valence-corrected chi connectivity index (χ2v) is 8.93. The first-order chi connectivity index (χ1) is 17.0. The third-order valence-corrected chi connectivity index (χ3v) is 5.54. The van der Waals surface area contributed by atoms with Crippen LogP contribution in [0.3, 0.4) is 0 Å². The molecule has 36 heavy (non-hydrogen) atoms. The van der Waals surface area contributed by atoms with Crippen LogP contribution >= 0.6 is 0 Å². The van der Waals surface area contributed by atoms with E-state index in [1.165, 1.54) is 19.4 Å². The topological polar surface area (TPSA) is 200 Å². The Kier molecular flexibility index (Phi) is 10.6. The molecule has 0 radical (unpaired) electrons. The molecule has 0 aliphatic carbocycles. The lowest BCUT2D eigenvalue weighted by molar-refractivity contribution is -0.145. The van der Waals surface area contributed by atoms with Crippen LogP contribution in [0.2, 0.25) is 0 Å². The van der Waals surface area contributed by atoms with E-state index in [4.69, 9.17) is 5.73 Å². The number of benzene rings is 1. The number of hydrogen-bond acceptors (Lipinski definition) is 7. The molecule has 196 valence electrons. The maximum atomic E-state index is 13.2. The minimum atomic E-state index is -1.57. The van der Waals surface area contributed by atoms with Crippen molar-refractivity contribution >= 4 is 23.7 Å². The Morgan fingerprint density at radius 3 is 2.11 bits per heavy atom. The molecule has 12 nitrogen and oxygen atoms in total. The summed E-state index contributed by atoms with van der Waals surface area (Å²) in [5.74, 6) is -3.76. The Hall–Kier alpha value is -3.77. The fourth-order valence-corrected chi connectivity index (χ4v) is 3.49. The van der Waals surface area contributed by atoms with Crippen molar-refractivity contribution in [2.75, 3.05) is 0 Å². The largest absolute Gasteiger partial charge is 0.480 e. The predicted molar refractivity (Wildman–Crippen MR) is 130 cm³/mol. The average molecular weight is 503 g/mol. The monoisotopic (exact) mass is 502 g/mol. The van der Waals surface area contributed by atoms with Crippen LogP contribution in [-0.4, -0.2) is 74.1 Å². The third kappa shape index (κ3) is 8.47. The molecule has 0 saturated carbocycles. The van der Waals surface area contributed by atoms with Crippen LogP contribution in [0.1, 0.15) is 32.0 Å². The predicted octanol–water partition coefficient (Wildman–Crippen LogP) is -0.902. The highest BCUT2D eigenvalue weighted by Crippen LogP contribution is 2.08. The number of H-pyrrole nitrogens is 1. The molecule has 0 saturated heterocycles. The number of carboxylic acids is 1. The molecule has 5 atom stereocenters. The standard InChI is InChI=1S/C24H34N6O6/c1-13(2)19(29-21(32)17(25)9-15-7-5-4-6-8-15)23(34)28-18(10-16-11-26-12-27-16)22(33)30-20(14(3)31)24(35)36/h4-8,11-14,17-20,31H,9-10,25H2,1-3H3,(H,26,27)(H,28,34)(H,29,32)(H,30,33)(H,35,36). The summed E-state index contributed by atoms with van der Waals surface area (Å²) in [6.45, 7) is 4.68. The molecular formula is C24H34N6O6. The molecule has 8 N–H and O–H groups in total. The molecule has 3 amide bonds. The highest BCUT2D eigenvalue weighted by molar-refractivity contribution is 5.94. The number of nitrogens with one attached hydrogen (secondary N) is 4. The van der Waals surface area contributed by atoms with Crippen LogP contribution in [0.5, 0.6) is 0 Å². The van der Waals surface area contributed by atoms with Gasteiger partial charge in [0.1, 0.15) is 12.1 Å². The van der Waals surface area contributed by atoms with Crippen molar-refractivity contribution in [2.45, 2.75) is 63.9 Å². The fourth-order valence-electron chi connectivity index (χ4n) is 3.49. The fraction of sp³-hybridized carbons (Fsp3) is 0.458. The molecule has 0 spiro atoms. The molecule has 2 aromatic rings. The van der Waals surface area contributed by atoms with E-state index in [1.807, 2.05) is 30.3 Å². The van der Waals surface area contributed by atoms with Gasteiger partial charge in [-0.3, -0.25) is 14.4 Å². The van der Waals surface area contributed by atoms with Gasteiger partial charge in [0.05, 0.1) is 18.5 Å². The highest BCUT2D eigenvalue weighted by Gasteiger charge is 2.33. The lowest BCUT2D eigenvalue weighted by atomic mass is 10.0. The van der Waals surface area contributed by atoms with Crippen molar-refractivity contribution in [3.8, 4) is 0 Å². The third-order valence-electron chi connectivity index (χ3n) is 5.54. The van der Waals surface area contributed by atoms with Crippen molar-refractivity contribution in [2.24, 2.45) is 11.7 Å². The van der Waals surface area contributed by atoms with Crippen LogP contribution < -0.4 is 21.7 Å². The van der Waals surface area contributed by atoms with Gasteiger partial charge >= 0.3 is 5.97 Å². The quantitative estimate of drug-likeness (QED) is 0.183. The maximum Gasteiger partial charge on any atom is 0.328 e. The molecule has 2 rings (SSSR count). The average Bonchev–Trinajstić information content (AvgIpc) is 3.33. The summed E-state index contributed by atoms with van der Waals surface area (Å²) in [5, 5.41) is 26.5. The van der Waals surface area contributed by atoms with Gasteiger partial charge in [0, 0.05) is 18.3 Å². The Bertz CT molecular complexity index is 1010. The Morgan fingerprint density at radius 2 is 1.58 bits per heavy atom. The Balaban J connectivity index is 2.14. The van der Waals surface area contributed by atoms with Crippen molar-refractivity contribution in [3.05, 3.63) is 54.1 Å². The van der Waals surface area contributed by atoms with Gasteiger partial charge < -0.3 is 36.9 Å². The minimum absolute atomic E-state index is 0.0317. The molecule has 0 aliphatic rings. The number of rotatable bonds is 13. The Morgan fingerprint density at radius 1 is 0.944 bits per heavy atom. The molecular weight excluding hydrogens is 468 g/mol. The number of aromatic amines is 1. The number of aliphatic hydroxyl groups is 1. The second kappa shape index (κ2) is 13.4. The van der Waals surface area contributed by atoms with E-state index in [-0.39, 0.29) is 18.8 Å². The van der Waals surface area contributed by atoms with Gasteiger partial charge in [0.2, 0.25) is 17.7 Å². The summed E-state index contributed by atoms with van der Waals surface area (Å²) in [7, 11) is 0. The van der Waals surface area contributed by atoms with Crippen LogP contribution in [0, 0.1) is 5.92 Å². The normalized spacial score (nSPS) is 15.3. The van der Waals surface area contributed by atoms with Crippen LogP contribution in [0.15, 0.2) is 42.9 Å². The van der Waals surface area contributed by atoms with Crippen LogP contribution in [0.4, 0.5) is 0 Å². The van der Waals surface area contributed by atoms with Gasteiger partial charge in [-0.05, 0) is 24.8 Å². The number of hydrogen-bond donors (Lipinski definition) is 7. The second-order valence-electron chi connectivity index (χ2n) is 8.93. The first kappa shape index (κ1) is 28.5. The minimum Gasteiger partial charge on any atom is -0.480 e. The van der Waals surface area contributed by atoms with Crippen LogP contribution in [-0.2, 0) is 32.0 Å². The van der Waals surface area contributed by atoms with Gasteiger partial charge in [-0.25, -0.2) is 9.78 Å². The van der Waals surface area contributed by atoms with Crippen LogP contribution in [0.25, 0.3) is 0 Å².